The SMILES string of the molecule is Cl.Cl.N#Cc1cccc(CS(=O)(=O)NCCN2CCNCC2)c1. The Labute approximate surface area is 150 Å². The van der Waals surface area contributed by atoms with Crippen molar-refractivity contribution >= 4 is 34.8 Å². The minimum absolute atomic E-state index is 0. The van der Waals surface area contributed by atoms with Crippen LogP contribution >= 0.6 is 24.8 Å². The zero-order valence-corrected chi connectivity index (χ0v) is 15.1. The number of sulfonamides is 1. The smallest absolute Gasteiger partial charge is 0.215 e. The van der Waals surface area contributed by atoms with Crippen LogP contribution in [0.2, 0.25) is 0 Å². The highest BCUT2D eigenvalue weighted by Gasteiger charge is 2.13. The topological polar surface area (TPSA) is 85.2 Å². The fourth-order valence-electron chi connectivity index (χ4n) is 2.30. The maximum Gasteiger partial charge on any atom is 0.215 e. The van der Waals surface area contributed by atoms with Gasteiger partial charge >= 0.3 is 0 Å². The highest BCUT2D eigenvalue weighted by molar-refractivity contribution is 7.88. The summed E-state index contributed by atoms with van der Waals surface area (Å²) in [6.07, 6.45) is 0. The lowest BCUT2D eigenvalue weighted by Crippen LogP contribution is -2.46. The van der Waals surface area contributed by atoms with Gasteiger partial charge in [0.1, 0.15) is 0 Å². The molecule has 0 unspecified atom stereocenters. The number of benzene rings is 1. The van der Waals surface area contributed by atoms with Crippen molar-refractivity contribution in [3.63, 3.8) is 0 Å². The van der Waals surface area contributed by atoms with E-state index in [1.807, 2.05) is 6.07 Å². The summed E-state index contributed by atoms with van der Waals surface area (Å²) in [5.74, 6) is -0.0932. The first-order valence-electron chi connectivity index (χ1n) is 6.98. The maximum atomic E-state index is 12.0. The largest absolute Gasteiger partial charge is 0.314 e. The van der Waals surface area contributed by atoms with E-state index >= 15 is 0 Å². The molecule has 0 bridgehead atoms. The van der Waals surface area contributed by atoms with E-state index in [0.29, 0.717) is 17.7 Å². The molecule has 2 rings (SSSR count). The number of nitrogens with zero attached hydrogens (tertiary/aromatic N) is 2. The second-order valence-electron chi connectivity index (χ2n) is 5.06. The van der Waals surface area contributed by atoms with E-state index < -0.39 is 10.0 Å². The lowest BCUT2D eigenvalue weighted by molar-refractivity contribution is 0.245. The van der Waals surface area contributed by atoms with E-state index in [2.05, 4.69) is 14.9 Å². The van der Waals surface area contributed by atoms with Gasteiger partial charge < -0.3 is 5.32 Å². The van der Waals surface area contributed by atoms with Crippen molar-refractivity contribution in [2.24, 2.45) is 0 Å². The Bertz CT molecular complexity index is 613. The summed E-state index contributed by atoms with van der Waals surface area (Å²) in [5.41, 5.74) is 1.10. The van der Waals surface area contributed by atoms with E-state index in [1.165, 1.54) is 0 Å². The molecule has 23 heavy (non-hydrogen) atoms. The van der Waals surface area contributed by atoms with Crippen LogP contribution in [0.25, 0.3) is 0 Å². The first-order valence-corrected chi connectivity index (χ1v) is 8.64. The zero-order chi connectivity index (χ0) is 15.1. The van der Waals surface area contributed by atoms with Gasteiger partial charge in [-0.3, -0.25) is 4.90 Å². The Morgan fingerprint density at radius 1 is 1.26 bits per heavy atom. The van der Waals surface area contributed by atoms with E-state index in [9.17, 15) is 8.42 Å². The maximum absolute atomic E-state index is 12.0. The highest BCUT2D eigenvalue weighted by Crippen LogP contribution is 2.07. The number of hydrogen-bond acceptors (Lipinski definition) is 5. The second kappa shape index (κ2) is 10.8. The monoisotopic (exact) mass is 380 g/mol. The summed E-state index contributed by atoms with van der Waals surface area (Å²) in [5, 5.41) is 12.1. The lowest BCUT2D eigenvalue weighted by atomic mass is 10.2. The minimum atomic E-state index is -3.36. The molecule has 0 aliphatic carbocycles. The summed E-state index contributed by atoms with van der Waals surface area (Å²) in [6, 6.07) is 8.70. The molecule has 1 aliphatic heterocycles. The predicted octanol–water partition coefficient (Wildman–Crippen LogP) is 0.726. The number of halogens is 2. The van der Waals surface area contributed by atoms with Crippen LogP contribution in [0.1, 0.15) is 11.1 Å². The minimum Gasteiger partial charge on any atom is -0.314 e. The summed E-state index contributed by atoms with van der Waals surface area (Å²) in [4.78, 5) is 2.23. The molecule has 9 heteroatoms. The molecule has 0 aromatic heterocycles. The van der Waals surface area contributed by atoms with Crippen LogP contribution in [0.15, 0.2) is 24.3 Å². The van der Waals surface area contributed by atoms with Crippen molar-refractivity contribution in [3.8, 4) is 6.07 Å². The van der Waals surface area contributed by atoms with Gasteiger partial charge in [0.15, 0.2) is 0 Å². The van der Waals surface area contributed by atoms with E-state index in [-0.39, 0.29) is 30.6 Å². The third kappa shape index (κ3) is 7.97. The van der Waals surface area contributed by atoms with Crippen molar-refractivity contribution in [3.05, 3.63) is 35.4 Å². The van der Waals surface area contributed by atoms with Crippen molar-refractivity contribution in [2.75, 3.05) is 39.3 Å². The molecule has 2 N–H and O–H groups in total. The molecule has 1 aromatic carbocycles. The number of piperazine rings is 1. The number of nitriles is 1. The Hall–Kier alpha value is -0.880. The van der Waals surface area contributed by atoms with Gasteiger partial charge in [-0.05, 0) is 17.7 Å². The summed E-state index contributed by atoms with van der Waals surface area (Å²) < 4.78 is 26.7. The van der Waals surface area contributed by atoms with Crippen LogP contribution in [-0.2, 0) is 15.8 Å². The molecule has 0 saturated carbocycles. The lowest BCUT2D eigenvalue weighted by Gasteiger charge is -2.27. The van der Waals surface area contributed by atoms with Gasteiger partial charge in [0.05, 0.1) is 17.4 Å². The van der Waals surface area contributed by atoms with Crippen molar-refractivity contribution < 1.29 is 8.42 Å². The van der Waals surface area contributed by atoms with Crippen LogP contribution in [0.5, 0.6) is 0 Å². The molecule has 1 saturated heterocycles. The predicted molar refractivity (Wildman–Crippen MR) is 95.6 cm³/mol. The standard InChI is InChI=1S/C14H20N4O2S.2ClH/c15-11-13-2-1-3-14(10-13)12-21(19,20)17-6-9-18-7-4-16-5-8-18;;/h1-3,10,16-17H,4-9,12H2;2*1H. The highest BCUT2D eigenvalue weighted by atomic mass is 35.5. The molecule has 0 spiro atoms. The first kappa shape index (κ1) is 22.1. The van der Waals surface area contributed by atoms with Crippen LogP contribution in [-0.4, -0.2) is 52.6 Å². The molecule has 0 amide bonds. The normalized spacial score (nSPS) is 15.1. The molecule has 130 valence electrons. The molecule has 1 fully saturated rings. The number of hydrogen-bond donors (Lipinski definition) is 2. The molecule has 0 atom stereocenters. The summed E-state index contributed by atoms with van der Waals surface area (Å²) in [7, 11) is -3.36. The van der Waals surface area contributed by atoms with E-state index in [1.54, 1.807) is 24.3 Å². The molecule has 1 heterocycles. The van der Waals surface area contributed by atoms with Crippen LogP contribution in [0.3, 0.4) is 0 Å². The van der Waals surface area contributed by atoms with Crippen molar-refractivity contribution in [2.45, 2.75) is 5.75 Å². The molecule has 6 nitrogen and oxygen atoms in total. The zero-order valence-electron chi connectivity index (χ0n) is 12.7. The fraction of sp³-hybridized carbons (Fsp3) is 0.500. The van der Waals surface area contributed by atoms with Gasteiger partial charge in [-0.2, -0.15) is 5.26 Å². The van der Waals surface area contributed by atoms with Gasteiger partial charge in [0.2, 0.25) is 10.0 Å². The van der Waals surface area contributed by atoms with E-state index in [0.717, 1.165) is 32.7 Å². The van der Waals surface area contributed by atoms with Crippen LogP contribution < -0.4 is 10.0 Å². The van der Waals surface area contributed by atoms with Gasteiger partial charge in [-0.25, -0.2) is 13.1 Å². The average Bonchev–Trinajstić information content (AvgIpc) is 2.48. The molecular formula is C14H22Cl2N4O2S. The molecule has 0 radical (unpaired) electrons. The Kier molecular flexibility index (Phi) is 10.4. The van der Waals surface area contributed by atoms with E-state index in [4.69, 9.17) is 5.26 Å². The molecule has 1 aromatic rings. The third-order valence-electron chi connectivity index (χ3n) is 3.37. The van der Waals surface area contributed by atoms with Crippen molar-refractivity contribution in [1.82, 2.24) is 14.9 Å². The van der Waals surface area contributed by atoms with Crippen LogP contribution in [0.4, 0.5) is 0 Å². The Morgan fingerprint density at radius 3 is 2.61 bits per heavy atom. The number of nitrogens with one attached hydrogen (secondary N) is 2. The van der Waals surface area contributed by atoms with Gasteiger partial charge in [-0.15, -0.1) is 24.8 Å². The van der Waals surface area contributed by atoms with Crippen molar-refractivity contribution in [1.29, 1.82) is 5.26 Å². The average molecular weight is 381 g/mol. The van der Waals surface area contributed by atoms with Gasteiger partial charge in [0.25, 0.3) is 0 Å². The van der Waals surface area contributed by atoms with Gasteiger partial charge in [-0.1, -0.05) is 12.1 Å². The quantitative estimate of drug-likeness (QED) is 0.759. The fourth-order valence-corrected chi connectivity index (χ4v) is 3.42. The molecular weight excluding hydrogens is 359 g/mol. The van der Waals surface area contributed by atoms with Crippen LogP contribution in [0, 0.1) is 11.3 Å². The number of rotatable bonds is 6. The molecule has 1 aliphatic rings. The summed E-state index contributed by atoms with van der Waals surface area (Å²) in [6.45, 7) is 4.94. The Balaban J connectivity index is 0.00000242. The first-order chi connectivity index (χ1) is 10.1. The Morgan fingerprint density at radius 2 is 1.96 bits per heavy atom. The summed E-state index contributed by atoms with van der Waals surface area (Å²) >= 11 is 0. The van der Waals surface area contributed by atoms with Gasteiger partial charge in [0, 0.05) is 39.3 Å². The second-order valence-corrected chi connectivity index (χ2v) is 6.86. The third-order valence-corrected chi connectivity index (χ3v) is 4.73.